The summed E-state index contributed by atoms with van der Waals surface area (Å²) in [5, 5.41) is 10.5. The van der Waals surface area contributed by atoms with E-state index < -0.39 is 16.0 Å². The van der Waals surface area contributed by atoms with Crippen molar-refractivity contribution >= 4 is 27.3 Å². The summed E-state index contributed by atoms with van der Waals surface area (Å²) in [5.41, 5.74) is -0.0529. The zero-order valence-electron chi connectivity index (χ0n) is 11.4. The summed E-state index contributed by atoms with van der Waals surface area (Å²) in [5.74, 6) is -1.15. The zero-order chi connectivity index (χ0) is 15.6. The van der Waals surface area contributed by atoms with Crippen molar-refractivity contribution in [1.82, 2.24) is 9.29 Å². The highest BCUT2D eigenvalue weighted by molar-refractivity contribution is 7.89. The summed E-state index contributed by atoms with van der Waals surface area (Å²) in [6.45, 7) is 1.79. The molecule has 2 rings (SSSR count). The third-order valence-corrected chi connectivity index (χ3v) is 6.01. The number of thiophene rings is 1. The van der Waals surface area contributed by atoms with Gasteiger partial charge in [0.2, 0.25) is 0 Å². The smallest absolute Gasteiger partial charge is 0.337 e. The number of nitrogens with zero attached hydrogens (tertiary/aromatic N) is 2. The number of carboxylic acids is 1. The number of hydrogen-bond acceptors (Lipinski definition) is 5. The van der Waals surface area contributed by atoms with Crippen molar-refractivity contribution < 1.29 is 18.3 Å². The van der Waals surface area contributed by atoms with Gasteiger partial charge in [-0.25, -0.2) is 18.2 Å². The zero-order valence-corrected chi connectivity index (χ0v) is 13.1. The van der Waals surface area contributed by atoms with Crippen LogP contribution in [0.25, 0.3) is 0 Å². The van der Waals surface area contributed by atoms with E-state index >= 15 is 0 Å². The first-order valence-electron chi connectivity index (χ1n) is 6.05. The van der Waals surface area contributed by atoms with Crippen molar-refractivity contribution in [2.75, 3.05) is 7.05 Å². The second kappa shape index (κ2) is 5.92. The normalized spacial score (nSPS) is 13.3. The van der Waals surface area contributed by atoms with Crippen LogP contribution in [-0.2, 0) is 10.0 Å². The molecule has 1 atom stereocenters. The number of aromatic carboxylic acids is 1. The molecular formula is C13H14N2O4S2. The van der Waals surface area contributed by atoms with E-state index in [1.165, 1.54) is 34.8 Å². The van der Waals surface area contributed by atoms with Crippen LogP contribution in [-0.4, -0.2) is 35.8 Å². The van der Waals surface area contributed by atoms with Gasteiger partial charge in [0.05, 0.1) is 11.6 Å². The average Bonchev–Trinajstić information content (AvgIpc) is 3.00. The minimum absolute atomic E-state index is 0.0529. The summed E-state index contributed by atoms with van der Waals surface area (Å²) < 4.78 is 26.2. The van der Waals surface area contributed by atoms with E-state index in [9.17, 15) is 13.2 Å². The molecule has 0 radical (unpaired) electrons. The molecule has 1 N–H and O–H groups in total. The van der Waals surface area contributed by atoms with Crippen LogP contribution in [0.3, 0.4) is 0 Å². The van der Waals surface area contributed by atoms with Gasteiger partial charge in [-0.2, -0.15) is 4.31 Å². The molecule has 112 valence electrons. The average molecular weight is 326 g/mol. The summed E-state index contributed by atoms with van der Waals surface area (Å²) in [6.07, 6.45) is 1.04. The van der Waals surface area contributed by atoms with Gasteiger partial charge in [-0.3, -0.25) is 0 Å². The third-order valence-electron chi connectivity index (χ3n) is 3.13. The van der Waals surface area contributed by atoms with Crippen LogP contribution in [0, 0.1) is 0 Å². The van der Waals surface area contributed by atoms with Crippen LogP contribution >= 0.6 is 11.3 Å². The Kier molecular flexibility index (Phi) is 4.40. The Morgan fingerprint density at radius 2 is 2.10 bits per heavy atom. The molecule has 0 amide bonds. The summed E-state index contributed by atoms with van der Waals surface area (Å²) in [6, 6.07) is 5.83. The van der Waals surface area contributed by atoms with Gasteiger partial charge < -0.3 is 5.11 Å². The van der Waals surface area contributed by atoms with Gasteiger partial charge in [0.1, 0.15) is 0 Å². The van der Waals surface area contributed by atoms with Crippen molar-refractivity contribution in [3.05, 3.63) is 46.3 Å². The molecule has 2 aromatic heterocycles. The predicted molar refractivity (Wildman–Crippen MR) is 78.9 cm³/mol. The van der Waals surface area contributed by atoms with E-state index in [0.717, 1.165) is 11.1 Å². The predicted octanol–water partition coefficient (Wildman–Crippen LogP) is 2.22. The summed E-state index contributed by atoms with van der Waals surface area (Å²) >= 11 is 1.47. The highest BCUT2D eigenvalue weighted by Crippen LogP contribution is 2.27. The van der Waals surface area contributed by atoms with Crippen LogP contribution in [0.15, 0.2) is 40.9 Å². The van der Waals surface area contributed by atoms with Crippen LogP contribution in [0.1, 0.15) is 28.2 Å². The van der Waals surface area contributed by atoms with E-state index in [1.807, 2.05) is 17.5 Å². The van der Waals surface area contributed by atoms with Crippen LogP contribution in [0.5, 0.6) is 0 Å². The molecule has 0 aliphatic carbocycles. The SMILES string of the molecule is CC(c1cccs1)N(C)S(=O)(=O)c1ccc(C(=O)O)cn1. The van der Waals surface area contributed by atoms with E-state index in [4.69, 9.17) is 5.11 Å². The molecule has 2 heterocycles. The fraction of sp³-hybridized carbons (Fsp3) is 0.231. The molecule has 0 aliphatic rings. The maximum Gasteiger partial charge on any atom is 0.337 e. The first kappa shape index (κ1) is 15.6. The van der Waals surface area contributed by atoms with E-state index in [2.05, 4.69) is 4.98 Å². The van der Waals surface area contributed by atoms with Gasteiger partial charge in [0.15, 0.2) is 5.03 Å². The largest absolute Gasteiger partial charge is 0.478 e. The first-order valence-corrected chi connectivity index (χ1v) is 8.37. The quantitative estimate of drug-likeness (QED) is 0.910. The minimum Gasteiger partial charge on any atom is -0.478 e. The first-order chi connectivity index (χ1) is 9.84. The lowest BCUT2D eigenvalue weighted by molar-refractivity contribution is 0.0696. The number of aromatic nitrogens is 1. The van der Waals surface area contributed by atoms with Gasteiger partial charge in [-0.05, 0) is 30.5 Å². The molecule has 21 heavy (non-hydrogen) atoms. The minimum atomic E-state index is -3.77. The van der Waals surface area contributed by atoms with Gasteiger partial charge in [0, 0.05) is 18.1 Å². The second-order valence-electron chi connectivity index (χ2n) is 4.40. The lowest BCUT2D eigenvalue weighted by Crippen LogP contribution is -2.30. The number of pyridine rings is 1. The topological polar surface area (TPSA) is 87.6 Å². The molecule has 8 heteroatoms. The third kappa shape index (κ3) is 3.12. The van der Waals surface area contributed by atoms with Crippen molar-refractivity contribution in [2.45, 2.75) is 18.0 Å². The molecular weight excluding hydrogens is 312 g/mol. The Labute approximate surface area is 126 Å². The number of hydrogen-bond donors (Lipinski definition) is 1. The van der Waals surface area contributed by atoms with E-state index in [0.29, 0.717) is 0 Å². The van der Waals surface area contributed by atoms with Crippen LogP contribution < -0.4 is 0 Å². The van der Waals surface area contributed by atoms with Crippen LogP contribution in [0.2, 0.25) is 0 Å². The Morgan fingerprint density at radius 3 is 2.57 bits per heavy atom. The van der Waals surface area contributed by atoms with Crippen molar-refractivity contribution in [3.63, 3.8) is 0 Å². The Morgan fingerprint density at radius 1 is 1.38 bits per heavy atom. The van der Waals surface area contributed by atoms with Crippen molar-refractivity contribution in [2.24, 2.45) is 0 Å². The number of sulfonamides is 1. The Balaban J connectivity index is 2.30. The number of carbonyl (C=O) groups is 1. The second-order valence-corrected chi connectivity index (χ2v) is 7.33. The number of rotatable bonds is 5. The maximum atomic E-state index is 12.5. The molecule has 1 unspecified atom stereocenters. The lowest BCUT2D eigenvalue weighted by atomic mass is 10.3. The fourth-order valence-corrected chi connectivity index (χ4v) is 3.87. The molecule has 0 spiro atoms. The molecule has 6 nitrogen and oxygen atoms in total. The molecule has 0 saturated carbocycles. The van der Waals surface area contributed by atoms with E-state index in [-0.39, 0.29) is 16.6 Å². The molecule has 0 saturated heterocycles. The van der Waals surface area contributed by atoms with E-state index in [1.54, 1.807) is 6.92 Å². The fourth-order valence-electron chi connectivity index (χ4n) is 1.72. The standard InChI is InChI=1S/C13H14N2O4S2/c1-9(11-4-3-7-20-11)15(2)21(18,19)12-6-5-10(8-14-12)13(16)17/h3-9H,1-2H3,(H,16,17). The van der Waals surface area contributed by atoms with Gasteiger partial charge in [-0.1, -0.05) is 6.07 Å². The Bertz CT molecular complexity index is 724. The maximum absolute atomic E-state index is 12.5. The highest BCUT2D eigenvalue weighted by Gasteiger charge is 2.28. The van der Waals surface area contributed by atoms with Crippen molar-refractivity contribution in [3.8, 4) is 0 Å². The molecule has 0 fully saturated rings. The van der Waals surface area contributed by atoms with Gasteiger partial charge in [-0.15, -0.1) is 11.3 Å². The molecule has 0 aliphatic heterocycles. The monoisotopic (exact) mass is 326 g/mol. The van der Waals surface area contributed by atoms with Crippen LogP contribution in [0.4, 0.5) is 0 Å². The summed E-state index contributed by atoms with van der Waals surface area (Å²) in [4.78, 5) is 15.4. The molecule has 0 bridgehead atoms. The van der Waals surface area contributed by atoms with Gasteiger partial charge >= 0.3 is 5.97 Å². The van der Waals surface area contributed by atoms with Crippen molar-refractivity contribution in [1.29, 1.82) is 0 Å². The Hall–Kier alpha value is -1.77. The highest BCUT2D eigenvalue weighted by atomic mass is 32.2. The summed E-state index contributed by atoms with van der Waals surface area (Å²) in [7, 11) is -2.29. The molecule has 0 aromatic carbocycles. The molecule has 2 aromatic rings. The number of carboxylic acid groups (broad SMARTS) is 1. The van der Waals surface area contributed by atoms with Gasteiger partial charge in [0.25, 0.3) is 10.0 Å². The lowest BCUT2D eigenvalue weighted by Gasteiger charge is -2.22.